The Labute approximate surface area is 115 Å². The van der Waals surface area contributed by atoms with Crippen LogP contribution in [0.15, 0.2) is 12.1 Å². The number of benzene rings is 1. The molecule has 1 amide bonds. The minimum Gasteiger partial charge on any atom is -0.483 e. The molecule has 0 fully saturated rings. The van der Waals surface area contributed by atoms with Crippen LogP contribution in [0.25, 0.3) is 0 Å². The van der Waals surface area contributed by atoms with Gasteiger partial charge in [-0.25, -0.2) is 0 Å². The van der Waals surface area contributed by atoms with E-state index >= 15 is 0 Å². The van der Waals surface area contributed by atoms with Gasteiger partial charge in [0.15, 0.2) is 6.61 Å². The molecule has 0 atom stereocenters. The number of hydrogen-bond acceptors (Lipinski definition) is 6. The summed E-state index contributed by atoms with van der Waals surface area (Å²) >= 11 is 1.02. The lowest BCUT2D eigenvalue weighted by molar-refractivity contribution is -0.118. The second kappa shape index (κ2) is 5.75. The van der Waals surface area contributed by atoms with Gasteiger partial charge in [0.1, 0.15) is 5.75 Å². The first-order valence-electron chi connectivity index (χ1n) is 5.72. The molecule has 0 spiro atoms. The molecule has 0 saturated heterocycles. The summed E-state index contributed by atoms with van der Waals surface area (Å²) in [7, 11) is 0. The smallest absolute Gasteiger partial charge is 0.264 e. The topological polar surface area (TPSA) is 77.0 Å². The molecule has 0 saturated carbocycles. The van der Waals surface area contributed by atoms with Gasteiger partial charge in [-0.05, 0) is 37.1 Å². The van der Waals surface area contributed by atoms with Gasteiger partial charge in [0.2, 0.25) is 5.13 Å². The van der Waals surface area contributed by atoms with Crippen molar-refractivity contribution in [3.8, 4) is 5.75 Å². The molecule has 0 radical (unpaired) electrons. The van der Waals surface area contributed by atoms with Gasteiger partial charge in [-0.2, -0.15) is 0 Å². The molecule has 0 aliphatic heterocycles. The van der Waals surface area contributed by atoms with Crippen LogP contribution in [0.4, 0.5) is 5.13 Å². The maximum absolute atomic E-state index is 11.6. The second-order valence-corrected chi connectivity index (χ2v) is 4.96. The van der Waals surface area contributed by atoms with Crippen LogP contribution in [-0.2, 0) is 4.79 Å². The summed E-state index contributed by atoms with van der Waals surface area (Å²) < 4.78 is 9.11. The van der Waals surface area contributed by atoms with Crippen molar-refractivity contribution in [3.63, 3.8) is 0 Å². The Morgan fingerprint density at radius 1 is 1.32 bits per heavy atom. The summed E-state index contributed by atoms with van der Waals surface area (Å²) in [6, 6.07) is 4.05. The summed E-state index contributed by atoms with van der Waals surface area (Å²) in [5, 5.41) is 9.95. The van der Waals surface area contributed by atoms with E-state index < -0.39 is 0 Å². The first kappa shape index (κ1) is 13.4. The largest absolute Gasteiger partial charge is 0.483 e. The van der Waals surface area contributed by atoms with Crippen LogP contribution in [-0.4, -0.2) is 27.3 Å². The number of nitrogens with one attached hydrogen (secondary N) is 1. The Morgan fingerprint density at radius 3 is 2.58 bits per heavy atom. The molecular weight excluding hydrogens is 264 g/mol. The number of ether oxygens (including phenoxy) is 1. The Morgan fingerprint density at radius 2 is 2.00 bits per heavy atom. The van der Waals surface area contributed by atoms with Crippen LogP contribution < -0.4 is 10.1 Å². The molecule has 2 rings (SSSR count). The molecule has 7 heteroatoms. The molecule has 1 N–H and O–H groups in total. The van der Waals surface area contributed by atoms with Crippen molar-refractivity contribution in [2.45, 2.75) is 20.8 Å². The van der Waals surface area contributed by atoms with E-state index in [0.717, 1.165) is 28.4 Å². The highest BCUT2D eigenvalue weighted by atomic mass is 32.1. The summed E-state index contributed by atoms with van der Waals surface area (Å²) in [5.41, 5.74) is 3.21. The standard InChI is InChI=1S/C12H14N4O2S/c1-7-4-8(2)11(9(3)5-7)18-6-10(17)13-12-14-15-16-19-12/h4-5H,6H2,1-3H3,(H,13,14,16,17). The van der Waals surface area contributed by atoms with E-state index in [9.17, 15) is 4.79 Å². The molecular formula is C12H14N4O2S. The van der Waals surface area contributed by atoms with Gasteiger partial charge in [0.25, 0.3) is 5.91 Å². The van der Waals surface area contributed by atoms with Crippen molar-refractivity contribution in [2.24, 2.45) is 0 Å². The lowest BCUT2D eigenvalue weighted by Gasteiger charge is -2.12. The number of rotatable bonds is 4. The zero-order valence-electron chi connectivity index (χ0n) is 10.9. The fourth-order valence-corrected chi connectivity index (χ4v) is 2.25. The SMILES string of the molecule is Cc1cc(C)c(OCC(=O)Nc2nnns2)c(C)c1. The third-order valence-electron chi connectivity index (χ3n) is 2.50. The molecule has 2 aromatic rings. The summed E-state index contributed by atoms with van der Waals surface area (Å²) in [6.07, 6.45) is 0. The normalized spacial score (nSPS) is 10.3. The van der Waals surface area contributed by atoms with Gasteiger partial charge in [-0.1, -0.05) is 27.3 Å². The van der Waals surface area contributed by atoms with Crippen LogP contribution in [0, 0.1) is 20.8 Å². The van der Waals surface area contributed by atoms with Crippen molar-refractivity contribution < 1.29 is 9.53 Å². The number of amides is 1. The van der Waals surface area contributed by atoms with E-state index in [1.165, 1.54) is 5.56 Å². The summed E-state index contributed by atoms with van der Waals surface area (Å²) in [6.45, 7) is 5.88. The number of aryl methyl sites for hydroxylation is 3. The van der Waals surface area contributed by atoms with Crippen molar-refractivity contribution >= 4 is 22.6 Å². The number of anilines is 1. The quantitative estimate of drug-likeness (QED) is 0.924. The predicted molar refractivity (Wildman–Crippen MR) is 72.5 cm³/mol. The van der Waals surface area contributed by atoms with Gasteiger partial charge in [0.05, 0.1) is 0 Å². The van der Waals surface area contributed by atoms with E-state index in [1.807, 2.05) is 32.9 Å². The minimum atomic E-state index is -0.280. The zero-order valence-corrected chi connectivity index (χ0v) is 11.7. The minimum absolute atomic E-state index is 0.0652. The van der Waals surface area contributed by atoms with Crippen LogP contribution in [0.5, 0.6) is 5.75 Å². The molecule has 1 heterocycles. The fraction of sp³-hybridized carbons (Fsp3) is 0.333. The Balaban J connectivity index is 1.97. The van der Waals surface area contributed by atoms with Crippen LogP contribution in [0.2, 0.25) is 0 Å². The van der Waals surface area contributed by atoms with Gasteiger partial charge >= 0.3 is 0 Å². The molecule has 1 aromatic carbocycles. The Kier molecular flexibility index (Phi) is 4.06. The van der Waals surface area contributed by atoms with Crippen LogP contribution in [0.3, 0.4) is 0 Å². The predicted octanol–water partition coefficient (Wildman–Crippen LogP) is 1.88. The van der Waals surface area contributed by atoms with E-state index in [2.05, 4.69) is 20.1 Å². The third kappa shape index (κ3) is 3.47. The number of carbonyl (C=O) groups excluding carboxylic acids is 1. The molecule has 0 aliphatic carbocycles. The molecule has 0 bridgehead atoms. The maximum Gasteiger partial charge on any atom is 0.264 e. The van der Waals surface area contributed by atoms with Crippen molar-refractivity contribution in [1.29, 1.82) is 0 Å². The molecule has 1 aromatic heterocycles. The monoisotopic (exact) mass is 278 g/mol. The van der Waals surface area contributed by atoms with Gasteiger partial charge in [-0.15, -0.1) is 0 Å². The molecule has 0 unspecified atom stereocenters. The Bertz CT molecular complexity index is 560. The maximum atomic E-state index is 11.6. The number of aromatic nitrogens is 3. The number of carbonyl (C=O) groups is 1. The number of nitrogens with zero attached hydrogens (tertiary/aromatic N) is 3. The highest BCUT2D eigenvalue weighted by Crippen LogP contribution is 2.24. The Hall–Kier alpha value is -2.02. The van der Waals surface area contributed by atoms with Gasteiger partial charge in [0, 0.05) is 11.5 Å². The average Bonchev–Trinajstić information content (AvgIpc) is 2.80. The highest BCUT2D eigenvalue weighted by molar-refractivity contribution is 7.09. The van der Waals surface area contributed by atoms with E-state index in [1.54, 1.807) is 0 Å². The van der Waals surface area contributed by atoms with E-state index in [-0.39, 0.29) is 12.5 Å². The molecule has 100 valence electrons. The summed E-state index contributed by atoms with van der Waals surface area (Å²) in [4.78, 5) is 11.6. The highest BCUT2D eigenvalue weighted by Gasteiger charge is 2.09. The average molecular weight is 278 g/mol. The van der Waals surface area contributed by atoms with Gasteiger partial charge in [-0.3, -0.25) is 10.1 Å². The van der Waals surface area contributed by atoms with Crippen LogP contribution >= 0.6 is 11.5 Å². The third-order valence-corrected chi connectivity index (χ3v) is 3.01. The van der Waals surface area contributed by atoms with Crippen molar-refractivity contribution in [1.82, 2.24) is 14.8 Å². The lowest BCUT2D eigenvalue weighted by Crippen LogP contribution is -2.20. The second-order valence-electron chi connectivity index (χ2n) is 4.23. The first-order chi connectivity index (χ1) is 9.06. The molecule has 6 nitrogen and oxygen atoms in total. The van der Waals surface area contributed by atoms with Crippen molar-refractivity contribution in [2.75, 3.05) is 11.9 Å². The summed E-state index contributed by atoms with van der Waals surface area (Å²) in [5.74, 6) is 0.467. The lowest BCUT2D eigenvalue weighted by atomic mass is 10.1. The number of hydrogen-bond donors (Lipinski definition) is 1. The zero-order chi connectivity index (χ0) is 13.8. The van der Waals surface area contributed by atoms with Gasteiger partial charge < -0.3 is 4.74 Å². The van der Waals surface area contributed by atoms with E-state index in [4.69, 9.17) is 4.74 Å². The van der Waals surface area contributed by atoms with Crippen LogP contribution in [0.1, 0.15) is 16.7 Å². The van der Waals surface area contributed by atoms with E-state index in [0.29, 0.717) is 5.13 Å². The fourth-order valence-electron chi connectivity index (χ4n) is 1.87. The first-order valence-corrected chi connectivity index (χ1v) is 6.49. The molecule has 0 aliphatic rings. The molecule has 19 heavy (non-hydrogen) atoms. The van der Waals surface area contributed by atoms with Crippen molar-refractivity contribution in [3.05, 3.63) is 28.8 Å².